The molecule has 104 valence electrons. The highest BCUT2D eigenvalue weighted by molar-refractivity contribution is 5.94. The van der Waals surface area contributed by atoms with Crippen LogP contribution in [0.5, 0.6) is 0 Å². The van der Waals surface area contributed by atoms with E-state index in [-0.39, 0.29) is 11.5 Å². The summed E-state index contributed by atoms with van der Waals surface area (Å²) < 4.78 is 13.9. The lowest BCUT2D eigenvalue weighted by molar-refractivity contribution is 0.0756. The van der Waals surface area contributed by atoms with E-state index in [2.05, 4.69) is 11.9 Å². The number of hydrogen-bond donors (Lipinski definition) is 0. The maximum Gasteiger partial charge on any atom is 0.256 e. The second-order valence-electron chi connectivity index (χ2n) is 5.40. The Balaban J connectivity index is 2.08. The number of carbonyl (C=O) groups is 1. The molecular formula is C15H21FN2O. The maximum atomic E-state index is 13.9. The third kappa shape index (κ3) is 2.95. The van der Waals surface area contributed by atoms with Crippen molar-refractivity contribution in [3.63, 3.8) is 0 Å². The second-order valence-corrected chi connectivity index (χ2v) is 5.40. The lowest BCUT2D eigenvalue weighted by atomic mass is 10.1. The zero-order chi connectivity index (χ0) is 14.0. The van der Waals surface area contributed by atoms with Gasteiger partial charge in [0, 0.05) is 19.6 Å². The summed E-state index contributed by atoms with van der Waals surface area (Å²) in [6.07, 6.45) is 2.27. The molecule has 1 aliphatic heterocycles. The summed E-state index contributed by atoms with van der Waals surface area (Å²) in [7, 11) is 3.82. The van der Waals surface area contributed by atoms with Crippen molar-refractivity contribution in [2.75, 3.05) is 27.2 Å². The lowest BCUT2D eigenvalue weighted by Gasteiger charge is -2.26. The quantitative estimate of drug-likeness (QED) is 0.836. The van der Waals surface area contributed by atoms with E-state index in [4.69, 9.17) is 0 Å². The molecule has 2 rings (SSSR count). The van der Waals surface area contributed by atoms with Crippen molar-refractivity contribution in [3.8, 4) is 0 Å². The summed E-state index contributed by atoms with van der Waals surface area (Å²) in [5.41, 5.74) is 0.681. The highest BCUT2D eigenvalue weighted by Gasteiger charge is 2.25. The van der Waals surface area contributed by atoms with Crippen molar-refractivity contribution in [1.82, 2.24) is 9.80 Å². The number of rotatable bonds is 3. The molecule has 0 aliphatic carbocycles. The Morgan fingerprint density at radius 1 is 1.53 bits per heavy atom. The Morgan fingerprint density at radius 3 is 2.89 bits per heavy atom. The molecule has 19 heavy (non-hydrogen) atoms. The van der Waals surface area contributed by atoms with Crippen molar-refractivity contribution >= 4 is 5.91 Å². The third-order valence-electron chi connectivity index (χ3n) is 3.93. The van der Waals surface area contributed by atoms with Crippen LogP contribution in [0, 0.1) is 12.7 Å². The molecule has 1 amide bonds. The van der Waals surface area contributed by atoms with Gasteiger partial charge in [-0.1, -0.05) is 12.1 Å². The van der Waals surface area contributed by atoms with Crippen molar-refractivity contribution in [3.05, 3.63) is 35.1 Å². The molecule has 0 radical (unpaired) electrons. The van der Waals surface area contributed by atoms with E-state index in [1.54, 1.807) is 37.1 Å². The van der Waals surface area contributed by atoms with E-state index in [0.29, 0.717) is 18.2 Å². The van der Waals surface area contributed by atoms with Gasteiger partial charge in [0.1, 0.15) is 5.82 Å². The Hall–Kier alpha value is -1.42. The van der Waals surface area contributed by atoms with Crippen LogP contribution in [0.1, 0.15) is 28.8 Å². The average Bonchev–Trinajstić information content (AvgIpc) is 2.77. The van der Waals surface area contributed by atoms with Crippen LogP contribution in [0.25, 0.3) is 0 Å². The summed E-state index contributed by atoms with van der Waals surface area (Å²) in [5, 5.41) is 0. The fourth-order valence-electron chi connectivity index (χ4n) is 2.63. The van der Waals surface area contributed by atoms with Gasteiger partial charge in [0.25, 0.3) is 5.91 Å². The zero-order valence-electron chi connectivity index (χ0n) is 11.8. The first-order chi connectivity index (χ1) is 9.00. The Bertz CT molecular complexity index is 475. The normalized spacial score (nSPS) is 19.7. The third-order valence-corrected chi connectivity index (χ3v) is 3.93. The van der Waals surface area contributed by atoms with Crippen molar-refractivity contribution < 1.29 is 9.18 Å². The van der Waals surface area contributed by atoms with Crippen molar-refractivity contribution in [2.45, 2.75) is 25.8 Å². The summed E-state index contributed by atoms with van der Waals surface area (Å²) in [5.74, 6) is -0.638. The van der Waals surface area contributed by atoms with Crippen LogP contribution in [0.3, 0.4) is 0 Å². The Labute approximate surface area is 114 Å². The predicted molar refractivity (Wildman–Crippen MR) is 73.7 cm³/mol. The highest BCUT2D eigenvalue weighted by Crippen LogP contribution is 2.18. The largest absolute Gasteiger partial charge is 0.340 e. The summed E-state index contributed by atoms with van der Waals surface area (Å²) in [6, 6.07) is 5.35. The van der Waals surface area contributed by atoms with E-state index in [0.717, 1.165) is 13.0 Å². The minimum atomic E-state index is -0.404. The van der Waals surface area contributed by atoms with E-state index in [1.165, 1.54) is 6.42 Å². The molecule has 0 N–H and O–H groups in total. The average molecular weight is 264 g/mol. The number of nitrogens with zero attached hydrogens (tertiary/aromatic N) is 2. The topological polar surface area (TPSA) is 23.6 Å². The molecule has 1 unspecified atom stereocenters. The predicted octanol–water partition coefficient (Wildman–Crippen LogP) is 2.30. The highest BCUT2D eigenvalue weighted by atomic mass is 19.1. The number of benzene rings is 1. The van der Waals surface area contributed by atoms with Crippen LogP contribution in [-0.4, -0.2) is 48.9 Å². The van der Waals surface area contributed by atoms with E-state index in [9.17, 15) is 9.18 Å². The number of likely N-dealkylation sites (tertiary alicyclic amines) is 1. The SMILES string of the molecule is Cc1cccc(C(=O)N(C)CC2CCCN2C)c1F. The molecule has 0 aromatic heterocycles. The smallest absolute Gasteiger partial charge is 0.256 e. The molecule has 4 heteroatoms. The van der Waals surface area contributed by atoms with Gasteiger partial charge in [-0.05, 0) is 45.0 Å². The fraction of sp³-hybridized carbons (Fsp3) is 0.533. The first-order valence-electron chi connectivity index (χ1n) is 6.71. The Kier molecular flexibility index (Phi) is 4.20. The minimum absolute atomic E-state index is 0.170. The monoisotopic (exact) mass is 264 g/mol. The molecule has 0 spiro atoms. The Morgan fingerprint density at radius 2 is 2.26 bits per heavy atom. The van der Waals surface area contributed by atoms with Gasteiger partial charge in [-0.2, -0.15) is 0 Å². The summed E-state index contributed by atoms with van der Waals surface area (Å²) in [4.78, 5) is 16.2. The lowest BCUT2D eigenvalue weighted by Crippen LogP contribution is -2.39. The molecule has 0 saturated carbocycles. The molecule has 0 bridgehead atoms. The van der Waals surface area contributed by atoms with Crippen LogP contribution < -0.4 is 0 Å². The van der Waals surface area contributed by atoms with Crippen LogP contribution >= 0.6 is 0 Å². The second kappa shape index (κ2) is 5.70. The zero-order valence-corrected chi connectivity index (χ0v) is 11.8. The molecule has 1 aliphatic rings. The van der Waals surface area contributed by atoms with Gasteiger partial charge in [0.2, 0.25) is 0 Å². The molecule has 1 heterocycles. The maximum absolute atomic E-state index is 13.9. The van der Waals surface area contributed by atoms with Gasteiger partial charge in [0.15, 0.2) is 0 Å². The molecule has 1 aromatic carbocycles. The molecule has 3 nitrogen and oxygen atoms in total. The minimum Gasteiger partial charge on any atom is -0.340 e. The van der Waals surface area contributed by atoms with Gasteiger partial charge < -0.3 is 9.80 Å². The van der Waals surface area contributed by atoms with E-state index in [1.807, 2.05) is 0 Å². The van der Waals surface area contributed by atoms with Crippen molar-refractivity contribution in [2.24, 2.45) is 0 Å². The van der Waals surface area contributed by atoms with Gasteiger partial charge in [-0.25, -0.2) is 4.39 Å². The van der Waals surface area contributed by atoms with Crippen LogP contribution in [0.15, 0.2) is 18.2 Å². The molecule has 1 aromatic rings. The molecular weight excluding hydrogens is 243 g/mol. The van der Waals surface area contributed by atoms with Crippen LogP contribution in [-0.2, 0) is 0 Å². The first-order valence-corrected chi connectivity index (χ1v) is 6.71. The van der Waals surface area contributed by atoms with Gasteiger partial charge in [-0.3, -0.25) is 4.79 Å². The standard InChI is InChI=1S/C15H21FN2O/c1-11-6-4-8-13(14(11)16)15(19)18(3)10-12-7-5-9-17(12)2/h4,6,8,12H,5,7,9-10H2,1-3H3. The van der Waals surface area contributed by atoms with E-state index < -0.39 is 5.82 Å². The van der Waals surface area contributed by atoms with E-state index >= 15 is 0 Å². The number of amides is 1. The number of halogens is 1. The van der Waals surface area contributed by atoms with Gasteiger partial charge in [-0.15, -0.1) is 0 Å². The van der Waals surface area contributed by atoms with Crippen molar-refractivity contribution in [1.29, 1.82) is 0 Å². The summed E-state index contributed by atoms with van der Waals surface area (Å²) >= 11 is 0. The molecule has 1 fully saturated rings. The fourth-order valence-corrected chi connectivity index (χ4v) is 2.63. The molecule has 1 atom stereocenters. The number of aryl methyl sites for hydroxylation is 1. The number of hydrogen-bond acceptors (Lipinski definition) is 2. The molecule has 1 saturated heterocycles. The summed E-state index contributed by atoms with van der Waals surface area (Å²) in [6.45, 7) is 3.41. The van der Waals surface area contributed by atoms with Gasteiger partial charge in [0.05, 0.1) is 5.56 Å². The first kappa shape index (κ1) is 14.0. The number of likely N-dealkylation sites (N-methyl/N-ethyl adjacent to an activating group) is 2. The van der Waals surface area contributed by atoms with Crippen LogP contribution in [0.4, 0.5) is 4.39 Å². The number of carbonyl (C=O) groups excluding carboxylic acids is 1. The van der Waals surface area contributed by atoms with Crippen LogP contribution in [0.2, 0.25) is 0 Å². The van der Waals surface area contributed by atoms with Gasteiger partial charge >= 0.3 is 0 Å².